The highest BCUT2D eigenvalue weighted by atomic mass is 16.5. The lowest BCUT2D eigenvalue weighted by Gasteiger charge is -2.42. The molecule has 4 rings (SSSR count). The Bertz CT molecular complexity index is 954. The zero-order chi connectivity index (χ0) is 22.4. The van der Waals surface area contributed by atoms with E-state index in [4.69, 9.17) is 4.74 Å². The van der Waals surface area contributed by atoms with E-state index in [-0.39, 0.29) is 11.8 Å². The summed E-state index contributed by atoms with van der Waals surface area (Å²) in [5, 5.41) is 12.0. The Balaban J connectivity index is 1.48. The summed E-state index contributed by atoms with van der Waals surface area (Å²) in [6.07, 6.45) is 2.43. The summed E-state index contributed by atoms with van der Waals surface area (Å²) in [5.74, 6) is 0.854. The van der Waals surface area contributed by atoms with Crippen LogP contribution in [0, 0.1) is 5.92 Å². The van der Waals surface area contributed by atoms with Crippen LogP contribution in [-0.2, 0) is 5.60 Å². The molecule has 4 nitrogen and oxygen atoms in total. The summed E-state index contributed by atoms with van der Waals surface area (Å²) in [4.78, 5) is 14.9. The third-order valence-electron chi connectivity index (χ3n) is 6.37. The minimum absolute atomic E-state index is 0.0289. The lowest BCUT2D eigenvalue weighted by atomic mass is 9.72. The van der Waals surface area contributed by atoms with Gasteiger partial charge in [-0.15, -0.1) is 0 Å². The maximum absolute atomic E-state index is 13.0. The van der Waals surface area contributed by atoms with Crippen LogP contribution in [0.1, 0.15) is 47.7 Å². The number of hydrogen-bond acceptors (Lipinski definition) is 3. The summed E-state index contributed by atoms with van der Waals surface area (Å²) in [6.45, 7) is 3.99. The number of carbonyl (C=O) groups excluding carboxylic acids is 1. The number of carbonyl (C=O) groups is 1. The molecule has 1 N–H and O–H groups in total. The van der Waals surface area contributed by atoms with Crippen LogP contribution in [0.2, 0.25) is 0 Å². The van der Waals surface area contributed by atoms with Crippen LogP contribution in [0.15, 0.2) is 84.9 Å². The Labute approximate surface area is 190 Å². The van der Waals surface area contributed by atoms with E-state index in [0.717, 1.165) is 36.1 Å². The van der Waals surface area contributed by atoms with Crippen molar-refractivity contribution in [3.8, 4) is 5.75 Å². The SMILES string of the molecule is CCCOc1ccc(C(=O)N2CCC(C(O)(c3ccccc3)c3ccccc3)CC2)cc1. The number of ether oxygens (including phenoxy) is 1. The summed E-state index contributed by atoms with van der Waals surface area (Å²) in [6, 6.07) is 27.2. The Morgan fingerprint density at radius 2 is 1.44 bits per heavy atom. The molecule has 1 aliphatic rings. The molecule has 0 saturated carbocycles. The number of hydrogen-bond donors (Lipinski definition) is 1. The predicted molar refractivity (Wildman–Crippen MR) is 127 cm³/mol. The molecular weight excluding hydrogens is 398 g/mol. The molecule has 3 aromatic carbocycles. The van der Waals surface area contributed by atoms with Gasteiger partial charge < -0.3 is 14.7 Å². The van der Waals surface area contributed by atoms with Crippen LogP contribution >= 0.6 is 0 Å². The van der Waals surface area contributed by atoms with Crippen LogP contribution in [-0.4, -0.2) is 35.6 Å². The fourth-order valence-corrected chi connectivity index (χ4v) is 4.62. The van der Waals surface area contributed by atoms with E-state index in [2.05, 4.69) is 6.92 Å². The minimum atomic E-state index is -1.07. The van der Waals surface area contributed by atoms with E-state index in [1.54, 1.807) is 0 Å². The van der Waals surface area contributed by atoms with Crippen LogP contribution in [0.3, 0.4) is 0 Å². The van der Waals surface area contributed by atoms with Crippen LogP contribution in [0.4, 0.5) is 0 Å². The maximum atomic E-state index is 13.0. The lowest BCUT2D eigenvalue weighted by molar-refractivity contribution is -0.0122. The lowest BCUT2D eigenvalue weighted by Crippen LogP contribution is -2.46. The van der Waals surface area contributed by atoms with E-state index in [0.29, 0.717) is 25.3 Å². The second kappa shape index (κ2) is 10.0. The molecule has 166 valence electrons. The molecule has 1 aliphatic heterocycles. The molecule has 1 fully saturated rings. The molecule has 0 spiro atoms. The van der Waals surface area contributed by atoms with Gasteiger partial charge in [0.15, 0.2) is 0 Å². The fraction of sp³-hybridized carbons (Fsp3) is 0.321. The number of aliphatic hydroxyl groups is 1. The first-order valence-corrected chi connectivity index (χ1v) is 11.5. The molecule has 0 radical (unpaired) electrons. The molecule has 0 aliphatic carbocycles. The number of nitrogens with zero attached hydrogens (tertiary/aromatic N) is 1. The molecule has 0 aromatic heterocycles. The van der Waals surface area contributed by atoms with Gasteiger partial charge >= 0.3 is 0 Å². The van der Waals surface area contributed by atoms with Crippen LogP contribution in [0.25, 0.3) is 0 Å². The molecule has 1 heterocycles. The number of rotatable bonds is 7. The summed E-state index contributed by atoms with van der Waals surface area (Å²) < 4.78 is 5.62. The molecule has 1 saturated heterocycles. The highest BCUT2D eigenvalue weighted by molar-refractivity contribution is 5.94. The fourth-order valence-electron chi connectivity index (χ4n) is 4.62. The van der Waals surface area contributed by atoms with Gasteiger partial charge in [-0.3, -0.25) is 4.79 Å². The molecule has 0 atom stereocenters. The van der Waals surface area contributed by atoms with Crippen molar-refractivity contribution < 1.29 is 14.6 Å². The molecule has 0 bridgehead atoms. The molecule has 1 amide bonds. The van der Waals surface area contributed by atoms with Crippen LogP contribution in [0.5, 0.6) is 5.75 Å². The monoisotopic (exact) mass is 429 g/mol. The topological polar surface area (TPSA) is 49.8 Å². The number of piperidine rings is 1. The van der Waals surface area contributed by atoms with Gasteiger partial charge in [-0.05, 0) is 60.6 Å². The third-order valence-corrected chi connectivity index (χ3v) is 6.37. The summed E-state index contributed by atoms with van der Waals surface area (Å²) in [5.41, 5.74) is 1.40. The summed E-state index contributed by atoms with van der Waals surface area (Å²) >= 11 is 0. The molecule has 3 aromatic rings. The second-order valence-electron chi connectivity index (χ2n) is 8.44. The third kappa shape index (κ3) is 4.56. The molecular formula is C28H31NO3. The molecule has 0 unspecified atom stereocenters. The molecule has 32 heavy (non-hydrogen) atoms. The summed E-state index contributed by atoms with van der Waals surface area (Å²) in [7, 11) is 0. The van der Waals surface area contributed by atoms with E-state index < -0.39 is 5.60 Å². The van der Waals surface area contributed by atoms with Gasteiger partial charge in [0.1, 0.15) is 11.4 Å². The molecule has 4 heteroatoms. The van der Waals surface area contributed by atoms with Crippen molar-refractivity contribution in [3.63, 3.8) is 0 Å². The van der Waals surface area contributed by atoms with E-state index in [9.17, 15) is 9.90 Å². The minimum Gasteiger partial charge on any atom is -0.494 e. The Kier molecular flexibility index (Phi) is 6.91. The average Bonchev–Trinajstić information content (AvgIpc) is 2.88. The van der Waals surface area contributed by atoms with Gasteiger partial charge in [-0.2, -0.15) is 0 Å². The zero-order valence-electron chi connectivity index (χ0n) is 18.6. The predicted octanol–water partition coefficient (Wildman–Crippen LogP) is 5.26. The highest BCUT2D eigenvalue weighted by Crippen LogP contribution is 2.42. The van der Waals surface area contributed by atoms with Crippen molar-refractivity contribution in [2.45, 2.75) is 31.8 Å². The van der Waals surface area contributed by atoms with E-state index >= 15 is 0 Å². The van der Waals surface area contributed by atoms with Crippen molar-refractivity contribution in [2.24, 2.45) is 5.92 Å². The number of amides is 1. The van der Waals surface area contributed by atoms with Gasteiger partial charge in [0.2, 0.25) is 0 Å². The zero-order valence-corrected chi connectivity index (χ0v) is 18.6. The van der Waals surface area contributed by atoms with Gasteiger partial charge in [0.25, 0.3) is 5.91 Å². The maximum Gasteiger partial charge on any atom is 0.253 e. The largest absolute Gasteiger partial charge is 0.494 e. The first-order chi connectivity index (χ1) is 15.6. The second-order valence-corrected chi connectivity index (χ2v) is 8.44. The van der Waals surface area contributed by atoms with Gasteiger partial charge in [-0.1, -0.05) is 67.6 Å². The van der Waals surface area contributed by atoms with Crippen molar-refractivity contribution in [1.29, 1.82) is 0 Å². The number of likely N-dealkylation sites (tertiary alicyclic amines) is 1. The first kappa shape index (κ1) is 22.1. The smallest absolute Gasteiger partial charge is 0.253 e. The number of benzene rings is 3. The van der Waals surface area contributed by atoms with Crippen molar-refractivity contribution in [3.05, 3.63) is 102 Å². The Morgan fingerprint density at radius 1 is 0.906 bits per heavy atom. The normalized spacial score (nSPS) is 14.9. The van der Waals surface area contributed by atoms with E-state index in [1.807, 2.05) is 89.8 Å². The standard InChI is InChI=1S/C28H31NO3/c1-2-21-32-26-15-13-22(14-16-26)27(30)29-19-17-25(18-20-29)28(31,23-9-5-3-6-10-23)24-11-7-4-8-12-24/h3-16,25,31H,2,17-21H2,1H3. The quantitative estimate of drug-likeness (QED) is 0.557. The van der Waals surface area contributed by atoms with Gasteiger partial charge in [-0.25, -0.2) is 0 Å². The van der Waals surface area contributed by atoms with Crippen LogP contribution < -0.4 is 4.74 Å². The highest BCUT2D eigenvalue weighted by Gasteiger charge is 2.42. The van der Waals surface area contributed by atoms with E-state index in [1.165, 1.54) is 0 Å². The Hall–Kier alpha value is -3.11. The van der Waals surface area contributed by atoms with Crippen molar-refractivity contribution >= 4 is 5.91 Å². The Morgan fingerprint density at radius 3 is 1.94 bits per heavy atom. The van der Waals surface area contributed by atoms with Crippen molar-refractivity contribution in [1.82, 2.24) is 4.90 Å². The van der Waals surface area contributed by atoms with Gasteiger partial charge in [0, 0.05) is 18.7 Å². The average molecular weight is 430 g/mol. The van der Waals surface area contributed by atoms with Gasteiger partial charge in [0.05, 0.1) is 6.61 Å². The first-order valence-electron chi connectivity index (χ1n) is 11.5. The van der Waals surface area contributed by atoms with Crippen molar-refractivity contribution in [2.75, 3.05) is 19.7 Å².